The second-order valence-electron chi connectivity index (χ2n) is 8.14. The summed E-state index contributed by atoms with van der Waals surface area (Å²) in [5, 5.41) is 12.3. The first-order valence-electron chi connectivity index (χ1n) is 9.24. The molecule has 0 saturated heterocycles. The average molecular weight is 349 g/mol. The van der Waals surface area contributed by atoms with Crippen LogP contribution >= 0.6 is 0 Å². The SMILES string of the molecule is Cc1ccc2c(c1)c1c(n2C)C(C)(CC(O)c2ccncc2)CN(C)C1. The maximum atomic E-state index is 10.9. The normalized spacial score (nSPS) is 21.7. The molecule has 0 aliphatic carbocycles. The van der Waals surface area contributed by atoms with Crippen molar-refractivity contribution in [2.75, 3.05) is 13.6 Å². The summed E-state index contributed by atoms with van der Waals surface area (Å²) in [6.07, 6.45) is 3.69. The molecular formula is C22H27N3O. The molecular weight excluding hydrogens is 322 g/mol. The lowest BCUT2D eigenvalue weighted by Crippen LogP contribution is -2.44. The van der Waals surface area contributed by atoms with E-state index in [2.05, 4.69) is 60.6 Å². The van der Waals surface area contributed by atoms with Crippen LogP contribution in [0.1, 0.15) is 41.8 Å². The molecule has 4 heteroatoms. The topological polar surface area (TPSA) is 41.3 Å². The highest BCUT2D eigenvalue weighted by atomic mass is 16.3. The van der Waals surface area contributed by atoms with Crippen molar-refractivity contribution in [2.45, 2.75) is 38.3 Å². The van der Waals surface area contributed by atoms with E-state index in [1.165, 1.54) is 27.7 Å². The first-order chi connectivity index (χ1) is 12.4. The lowest BCUT2D eigenvalue weighted by Gasteiger charge is -2.41. The molecule has 0 bridgehead atoms. The maximum Gasteiger partial charge on any atom is 0.0800 e. The standard InChI is InChI=1S/C22H27N3O/c1-15-5-6-19-17(11-15)18-13-24(3)14-22(2,21(18)25(19)4)12-20(26)16-7-9-23-10-8-16/h5-11,20,26H,12-14H2,1-4H3. The first kappa shape index (κ1) is 17.3. The third kappa shape index (κ3) is 2.74. The van der Waals surface area contributed by atoms with Crippen molar-refractivity contribution < 1.29 is 5.11 Å². The summed E-state index contributed by atoms with van der Waals surface area (Å²) in [5.74, 6) is 0. The van der Waals surface area contributed by atoms with Crippen LogP contribution in [-0.4, -0.2) is 33.1 Å². The number of rotatable bonds is 3. The van der Waals surface area contributed by atoms with Gasteiger partial charge in [-0.1, -0.05) is 18.6 Å². The first-order valence-corrected chi connectivity index (χ1v) is 9.24. The summed E-state index contributed by atoms with van der Waals surface area (Å²) in [5.41, 5.74) is 6.16. The van der Waals surface area contributed by atoms with Crippen LogP contribution in [0.3, 0.4) is 0 Å². The van der Waals surface area contributed by atoms with Gasteiger partial charge in [0.1, 0.15) is 0 Å². The van der Waals surface area contributed by atoms with Gasteiger partial charge in [-0.2, -0.15) is 0 Å². The van der Waals surface area contributed by atoms with Crippen LogP contribution in [0.2, 0.25) is 0 Å². The van der Waals surface area contributed by atoms with Crippen LogP contribution in [0.5, 0.6) is 0 Å². The molecule has 0 radical (unpaired) electrons. The van der Waals surface area contributed by atoms with Gasteiger partial charge in [0.05, 0.1) is 6.10 Å². The van der Waals surface area contributed by atoms with Gasteiger partial charge >= 0.3 is 0 Å². The van der Waals surface area contributed by atoms with Gasteiger partial charge in [0.2, 0.25) is 0 Å². The van der Waals surface area contributed by atoms with Gasteiger partial charge in [0.25, 0.3) is 0 Å². The van der Waals surface area contributed by atoms with Crippen LogP contribution in [0.4, 0.5) is 0 Å². The van der Waals surface area contributed by atoms with E-state index >= 15 is 0 Å². The summed E-state index contributed by atoms with van der Waals surface area (Å²) in [6.45, 7) is 6.33. The number of aryl methyl sites for hydroxylation is 2. The Kier molecular flexibility index (Phi) is 4.13. The summed E-state index contributed by atoms with van der Waals surface area (Å²) >= 11 is 0. The zero-order valence-corrected chi connectivity index (χ0v) is 16.0. The average Bonchev–Trinajstić information content (AvgIpc) is 2.87. The van der Waals surface area contributed by atoms with Crippen molar-refractivity contribution in [3.8, 4) is 0 Å². The summed E-state index contributed by atoms with van der Waals surface area (Å²) in [4.78, 5) is 6.45. The molecule has 0 fully saturated rings. The Balaban J connectivity index is 1.82. The van der Waals surface area contributed by atoms with Gasteiger partial charge in [-0.25, -0.2) is 0 Å². The molecule has 136 valence electrons. The monoisotopic (exact) mass is 349 g/mol. The predicted octanol–water partition coefficient (Wildman–Crippen LogP) is 3.71. The zero-order valence-electron chi connectivity index (χ0n) is 16.0. The van der Waals surface area contributed by atoms with E-state index in [0.29, 0.717) is 6.42 Å². The second-order valence-corrected chi connectivity index (χ2v) is 8.14. The van der Waals surface area contributed by atoms with Gasteiger partial charge in [0.15, 0.2) is 0 Å². The van der Waals surface area contributed by atoms with Crippen LogP contribution in [-0.2, 0) is 19.0 Å². The molecule has 2 unspecified atom stereocenters. The van der Waals surface area contributed by atoms with Crippen molar-refractivity contribution in [3.63, 3.8) is 0 Å². The van der Waals surface area contributed by atoms with Crippen LogP contribution in [0.15, 0.2) is 42.7 Å². The van der Waals surface area contributed by atoms with Gasteiger partial charge in [-0.05, 0) is 55.8 Å². The van der Waals surface area contributed by atoms with Crippen molar-refractivity contribution >= 4 is 10.9 Å². The van der Waals surface area contributed by atoms with Gasteiger partial charge in [0, 0.05) is 54.5 Å². The fourth-order valence-corrected chi connectivity index (χ4v) is 4.85. The number of benzene rings is 1. The van der Waals surface area contributed by atoms with Gasteiger partial charge in [-0.15, -0.1) is 0 Å². The number of hydrogen-bond donors (Lipinski definition) is 1. The van der Waals surface area contributed by atoms with Gasteiger partial charge < -0.3 is 14.6 Å². The Morgan fingerprint density at radius 3 is 2.65 bits per heavy atom. The number of fused-ring (bicyclic) bond motifs is 3. The number of pyridine rings is 1. The molecule has 2 aromatic heterocycles. The van der Waals surface area contributed by atoms with Crippen molar-refractivity contribution in [1.29, 1.82) is 0 Å². The molecule has 3 heterocycles. The molecule has 1 aliphatic rings. The second kappa shape index (κ2) is 6.22. The fourth-order valence-electron chi connectivity index (χ4n) is 4.85. The molecule has 4 rings (SSSR count). The number of aromatic nitrogens is 2. The number of likely N-dealkylation sites (N-methyl/N-ethyl adjacent to an activating group) is 1. The lowest BCUT2D eigenvalue weighted by atomic mass is 9.75. The highest BCUT2D eigenvalue weighted by Gasteiger charge is 2.40. The van der Waals surface area contributed by atoms with Crippen LogP contribution in [0, 0.1) is 6.92 Å². The molecule has 2 atom stereocenters. The van der Waals surface area contributed by atoms with E-state index in [9.17, 15) is 5.11 Å². The van der Waals surface area contributed by atoms with Crippen LogP contribution < -0.4 is 0 Å². The smallest absolute Gasteiger partial charge is 0.0800 e. The molecule has 3 aromatic rings. The fraction of sp³-hybridized carbons (Fsp3) is 0.409. The van der Waals surface area contributed by atoms with E-state index in [-0.39, 0.29) is 5.41 Å². The van der Waals surface area contributed by atoms with E-state index in [4.69, 9.17) is 0 Å². The van der Waals surface area contributed by atoms with Crippen LogP contribution in [0.25, 0.3) is 10.9 Å². The van der Waals surface area contributed by atoms with E-state index in [0.717, 1.165) is 18.7 Å². The Labute approximate surface area is 155 Å². The molecule has 0 spiro atoms. The number of aliphatic hydroxyl groups is 1. The molecule has 1 aromatic carbocycles. The quantitative estimate of drug-likeness (QED) is 0.784. The lowest BCUT2D eigenvalue weighted by molar-refractivity contribution is 0.107. The van der Waals surface area contributed by atoms with E-state index in [1.807, 2.05) is 12.1 Å². The molecule has 1 N–H and O–H groups in total. The number of hydrogen-bond acceptors (Lipinski definition) is 3. The molecule has 0 amide bonds. The minimum Gasteiger partial charge on any atom is -0.388 e. The molecule has 4 nitrogen and oxygen atoms in total. The minimum absolute atomic E-state index is 0.118. The number of aliphatic hydroxyl groups excluding tert-OH is 1. The highest BCUT2D eigenvalue weighted by molar-refractivity contribution is 5.87. The Bertz CT molecular complexity index is 947. The molecule has 0 saturated carbocycles. The largest absolute Gasteiger partial charge is 0.388 e. The zero-order chi connectivity index (χ0) is 18.5. The third-order valence-electron chi connectivity index (χ3n) is 5.81. The Hall–Kier alpha value is -2.17. The Morgan fingerprint density at radius 2 is 1.92 bits per heavy atom. The molecule has 26 heavy (non-hydrogen) atoms. The van der Waals surface area contributed by atoms with E-state index in [1.54, 1.807) is 12.4 Å². The van der Waals surface area contributed by atoms with Crippen molar-refractivity contribution in [1.82, 2.24) is 14.5 Å². The number of nitrogens with zero attached hydrogens (tertiary/aromatic N) is 3. The third-order valence-corrected chi connectivity index (χ3v) is 5.81. The predicted molar refractivity (Wildman–Crippen MR) is 105 cm³/mol. The van der Waals surface area contributed by atoms with Gasteiger partial charge in [-0.3, -0.25) is 4.98 Å². The Morgan fingerprint density at radius 1 is 1.19 bits per heavy atom. The minimum atomic E-state index is -0.498. The van der Waals surface area contributed by atoms with Crippen molar-refractivity contribution in [2.24, 2.45) is 7.05 Å². The molecule has 1 aliphatic heterocycles. The van der Waals surface area contributed by atoms with Crippen molar-refractivity contribution in [3.05, 3.63) is 65.1 Å². The summed E-state index contributed by atoms with van der Waals surface area (Å²) in [7, 11) is 4.34. The van der Waals surface area contributed by atoms with E-state index < -0.39 is 6.10 Å². The highest BCUT2D eigenvalue weighted by Crippen LogP contribution is 2.43. The summed E-state index contributed by atoms with van der Waals surface area (Å²) < 4.78 is 2.34. The summed E-state index contributed by atoms with van der Waals surface area (Å²) in [6, 6.07) is 10.5. The maximum absolute atomic E-state index is 10.9.